The number of hydrogen-bond donors (Lipinski definition) is 2. The van der Waals surface area contributed by atoms with E-state index in [1.807, 2.05) is 13.8 Å². The van der Waals surface area contributed by atoms with Crippen LogP contribution < -0.4 is 0 Å². The Labute approximate surface area is 265 Å². The van der Waals surface area contributed by atoms with Gasteiger partial charge in [-0.05, 0) is 110 Å². The van der Waals surface area contributed by atoms with Gasteiger partial charge in [0.05, 0.1) is 18.1 Å². The highest BCUT2D eigenvalue weighted by molar-refractivity contribution is 9.11. The Hall–Kier alpha value is -1.45. The highest BCUT2D eigenvalue weighted by Crippen LogP contribution is 2.75. The number of halogens is 1. The molecule has 9 heteroatoms. The minimum Gasteiger partial charge on any atom is -0.462 e. The van der Waals surface area contributed by atoms with Crippen LogP contribution in [-0.4, -0.2) is 53.2 Å². The molecule has 4 aliphatic rings. The average molecular weight is 670 g/mol. The molecule has 4 rings (SSSR count). The van der Waals surface area contributed by atoms with Crippen LogP contribution in [0.2, 0.25) is 0 Å². The summed E-state index contributed by atoms with van der Waals surface area (Å²) in [7, 11) is 0. The maximum absolute atomic E-state index is 13.8. The third-order valence-corrected chi connectivity index (χ3v) is 13.9. The molecular formula is C34H53BrO8. The SMILES string of the molecule is CC(=O)OCOC(=O)C(CCC(Br)=C(C)C)C1[C@@H](OC(C)=O)C[C@@]2(C)[C@H]1C[C@@H](O)C1[C@]2(C)CC[C@H]2[C@H](C)[C@H](O)CC[C@]12C. The van der Waals surface area contributed by atoms with E-state index in [0.717, 1.165) is 35.7 Å². The van der Waals surface area contributed by atoms with Crippen molar-refractivity contribution in [2.24, 2.45) is 51.8 Å². The van der Waals surface area contributed by atoms with Crippen molar-refractivity contribution in [3.05, 3.63) is 10.1 Å². The standard InChI is InChI=1S/C34H53BrO8/c1-18(2)25(35)10-9-22(31(40)42-17-41-20(4)36)29-24-15-27(39)30-32(6)13-12-26(38)19(3)23(32)11-14-33(30,7)34(24,8)16-28(29)43-21(5)37/h19,22-24,26-30,38-39H,9-17H2,1-8H3/t19-,22?,23-,24-,26+,27+,28-,29?,30?,32-,33-,34-/m0/s1. The maximum atomic E-state index is 13.8. The number of ether oxygens (including phenoxy) is 3. The number of carbonyl (C=O) groups excluding carboxylic acids is 3. The summed E-state index contributed by atoms with van der Waals surface area (Å²) in [5, 5.41) is 22.9. The summed E-state index contributed by atoms with van der Waals surface area (Å²) in [4.78, 5) is 37.7. The number of carbonyl (C=O) groups is 3. The topological polar surface area (TPSA) is 119 Å². The molecule has 4 fully saturated rings. The molecule has 0 radical (unpaired) electrons. The molecule has 0 aromatic carbocycles. The predicted octanol–water partition coefficient (Wildman–Crippen LogP) is 6.30. The second-order valence-electron chi connectivity index (χ2n) is 15.0. The monoisotopic (exact) mass is 668 g/mol. The molecule has 0 spiro atoms. The highest BCUT2D eigenvalue weighted by atomic mass is 79.9. The molecule has 12 atom stereocenters. The van der Waals surface area contributed by atoms with Gasteiger partial charge in [-0.2, -0.15) is 0 Å². The Morgan fingerprint density at radius 1 is 0.907 bits per heavy atom. The van der Waals surface area contributed by atoms with Crippen LogP contribution in [-0.2, 0) is 28.6 Å². The molecule has 0 saturated heterocycles. The van der Waals surface area contributed by atoms with E-state index >= 15 is 0 Å². The zero-order valence-corrected chi connectivity index (χ0v) is 28.9. The molecule has 4 saturated carbocycles. The van der Waals surface area contributed by atoms with Crippen molar-refractivity contribution < 1.29 is 38.8 Å². The lowest BCUT2D eigenvalue weighted by Crippen LogP contribution is -2.66. The van der Waals surface area contributed by atoms with Crippen LogP contribution in [0, 0.1) is 51.8 Å². The lowest BCUT2D eigenvalue weighted by atomic mass is 9.36. The second-order valence-corrected chi connectivity index (χ2v) is 16.0. The van der Waals surface area contributed by atoms with E-state index in [1.165, 1.54) is 13.8 Å². The first-order valence-corrected chi connectivity index (χ1v) is 16.9. The summed E-state index contributed by atoms with van der Waals surface area (Å²) in [6.07, 6.45) is 4.27. The van der Waals surface area contributed by atoms with E-state index in [1.54, 1.807) is 0 Å². The number of aliphatic hydroxyl groups is 2. The van der Waals surface area contributed by atoms with Crippen molar-refractivity contribution in [2.45, 2.75) is 125 Å². The van der Waals surface area contributed by atoms with E-state index in [2.05, 4.69) is 43.6 Å². The number of hydrogen-bond acceptors (Lipinski definition) is 8. The van der Waals surface area contributed by atoms with Crippen molar-refractivity contribution in [1.29, 1.82) is 0 Å². The maximum Gasteiger partial charge on any atom is 0.312 e. The van der Waals surface area contributed by atoms with E-state index in [0.29, 0.717) is 31.6 Å². The van der Waals surface area contributed by atoms with Gasteiger partial charge in [0.25, 0.3) is 0 Å². The molecular weight excluding hydrogens is 616 g/mol. The number of fused-ring (bicyclic) bond motifs is 5. The van der Waals surface area contributed by atoms with Crippen LogP contribution in [0.25, 0.3) is 0 Å². The quantitative estimate of drug-likeness (QED) is 0.228. The van der Waals surface area contributed by atoms with Crippen LogP contribution >= 0.6 is 15.9 Å². The molecule has 8 nitrogen and oxygen atoms in total. The first-order valence-electron chi connectivity index (χ1n) is 16.1. The fourth-order valence-corrected chi connectivity index (χ4v) is 10.8. The molecule has 0 aromatic heterocycles. The molecule has 0 aromatic rings. The Balaban J connectivity index is 1.75. The Kier molecular flexibility index (Phi) is 10.2. The first kappa shape index (κ1) is 34.4. The third-order valence-electron chi connectivity index (χ3n) is 12.7. The fraction of sp³-hybridized carbons (Fsp3) is 0.853. The number of esters is 3. The van der Waals surface area contributed by atoms with E-state index in [9.17, 15) is 24.6 Å². The summed E-state index contributed by atoms with van der Waals surface area (Å²) in [5.74, 6) is -1.93. The fourth-order valence-electron chi connectivity index (χ4n) is 10.6. The molecule has 244 valence electrons. The lowest BCUT2D eigenvalue weighted by molar-refractivity contribution is -0.240. The van der Waals surface area contributed by atoms with Crippen molar-refractivity contribution >= 4 is 33.8 Å². The van der Waals surface area contributed by atoms with Crippen molar-refractivity contribution in [3.63, 3.8) is 0 Å². The van der Waals surface area contributed by atoms with Gasteiger partial charge in [-0.3, -0.25) is 14.4 Å². The molecule has 3 unspecified atom stereocenters. The normalized spacial score (nSPS) is 42.5. The summed E-state index contributed by atoms with van der Waals surface area (Å²) in [6, 6.07) is 0. The van der Waals surface area contributed by atoms with Gasteiger partial charge in [-0.15, -0.1) is 0 Å². The highest BCUT2D eigenvalue weighted by Gasteiger charge is 2.72. The Bertz CT molecular complexity index is 1120. The molecule has 2 N–H and O–H groups in total. The lowest BCUT2D eigenvalue weighted by Gasteiger charge is -2.69. The smallest absolute Gasteiger partial charge is 0.312 e. The van der Waals surface area contributed by atoms with Gasteiger partial charge < -0.3 is 24.4 Å². The van der Waals surface area contributed by atoms with E-state index in [4.69, 9.17) is 14.2 Å². The largest absolute Gasteiger partial charge is 0.462 e. The van der Waals surface area contributed by atoms with Crippen LogP contribution in [0.5, 0.6) is 0 Å². The zero-order chi connectivity index (χ0) is 32.1. The van der Waals surface area contributed by atoms with Gasteiger partial charge in [-0.1, -0.05) is 49.2 Å². The van der Waals surface area contributed by atoms with Gasteiger partial charge >= 0.3 is 17.9 Å². The molecule has 0 aliphatic heterocycles. The van der Waals surface area contributed by atoms with E-state index in [-0.39, 0.29) is 52.0 Å². The van der Waals surface area contributed by atoms with Gasteiger partial charge in [0.15, 0.2) is 0 Å². The first-order chi connectivity index (χ1) is 20.0. The minimum absolute atomic E-state index is 0.0286. The molecule has 4 aliphatic carbocycles. The third kappa shape index (κ3) is 6.08. The van der Waals surface area contributed by atoms with Gasteiger partial charge in [0.1, 0.15) is 6.10 Å². The van der Waals surface area contributed by atoms with Crippen LogP contribution in [0.3, 0.4) is 0 Å². The minimum atomic E-state index is -0.622. The molecule has 43 heavy (non-hydrogen) atoms. The predicted molar refractivity (Wildman–Crippen MR) is 165 cm³/mol. The average Bonchev–Trinajstić information content (AvgIpc) is 3.17. The molecule has 0 amide bonds. The van der Waals surface area contributed by atoms with Crippen LogP contribution in [0.4, 0.5) is 0 Å². The van der Waals surface area contributed by atoms with E-state index < -0.39 is 36.9 Å². The number of aliphatic hydroxyl groups excluding tert-OH is 2. The van der Waals surface area contributed by atoms with Gasteiger partial charge in [0, 0.05) is 19.8 Å². The summed E-state index contributed by atoms with van der Waals surface area (Å²) >= 11 is 3.66. The Morgan fingerprint density at radius 2 is 1.58 bits per heavy atom. The second kappa shape index (κ2) is 12.7. The van der Waals surface area contributed by atoms with Crippen LogP contribution in [0.1, 0.15) is 107 Å². The van der Waals surface area contributed by atoms with Gasteiger partial charge in [-0.25, -0.2) is 0 Å². The zero-order valence-electron chi connectivity index (χ0n) is 27.3. The van der Waals surface area contributed by atoms with Crippen molar-refractivity contribution in [3.8, 4) is 0 Å². The van der Waals surface area contributed by atoms with Crippen molar-refractivity contribution in [1.82, 2.24) is 0 Å². The van der Waals surface area contributed by atoms with Crippen LogP contribution in [0.15, 0.2) is 10.1 Å². The molecule has 0 heterocycles. The van der Waals surface area contributed by atoms with Gasteiger partial charge in [0.2, 0.25) is 6.79 Å². The van der Waals surface area contributed by atoms with Crippen molar-refractivity contribution in [2.75, 3.05) is 6.79 Å². The Morgan fingerprint density at radius 3 is 2.19 bits per heavy atom. The molecule has 0 bridgehead atoms. The summed E-state index contributed by atoms with van der Waals surface area (Å²) in [5.41, 5.74) is 0.421. The number of allylic oxidation sites excluding steroid dienone is 2. The summed E-state index contributed by atoms with van der Waals surface area (Å²) < 4.78 is 17.5. The number of rotatable bonds is 8. The summed E-state index contributed by atoms with van der Waals surface area (Å²) in [6.45, 7) is 15.3.